The molecule has 2 aromatic carbocycles. The number of anilines is 1. The summed E-state index contributed by atoms with van der Waals surface area (Å²) in [6.45, 7) is 2.13. The number of aromatic nitrogens is 1. The number of carbonyl (C=O) groups is 1. The van der Waals surface area contributed by atoms with E-state index in [9.17, 15) is 4.79 Å². The lowest BCUT2D eigenvalue weighted by atomic mass is 9.90. The molecule has 1 aromatic heterocycles. The average Bonchev–Trinajstić information content (AvgIpc) is 3.61. The van der Waals surface area contributed by atoms with E-state index >= 15 is 0 Å². The molecule has 1 heterocycles. The molecule has 0 bridgehead atoms. The fourth-order valence-electron chi connectivity index (χ4n) is 4.63. The van der Waals surface area contributed by atoms with Crippen LogP contribution in [0.4, 0.5) is 5.69 Å². The van der Waals surface area contributed by atoms with E-state index in [1.54, 1.807) is 6.20 Å². The summed E-state index contributed by atoms with van der Waals surface area (Å²) in [5.41, 5.74) is 12.4. The number of pyridine rings is 1. The van der Waals surface area contributed by atoms with Gasteiger partial charge in [-0.3, -0.25) is 9.78 Å². The summed E-state index contributed by atoms with van der Waals surface area (Å²) in [5, 5.41) is 4.79. The number of ketones is 1. The first kappa shape index (κ1) is 19.3. The monoisotopic (exact) mass is 399 g/mol. The molecule has 2 aliphatic carbocycles. The molecule has 5 rings (SSSR count). The number of benzene rings is 2. The number of nitrogens with zero attached hydrogens (tertiary/aromatic N) is 1. The van der Waals surface area contributed by atoms with E-state index in [0.29, 0.717) is 12.1 Å². The van der Waals surface area contributed by atoms with Crippen LogP contribution >= 0.6 is 0 Å². The van der Waals surface area contributed by atoms with Crippen LogP contribution in [0.25, 0.3) is 22.0 Å². The van der Waals surface area contributed by atoms with Gasteiger partial charge in [0.25, 0.3) is 0 Å². The van der Waals surface area contributed by atoms with Gasteiger partial charge in [0.2, 0.25) is 0 Å². The van der Waals surface area contributed by atoms with Crippen molar-refractivity contribution < 1.29 is 4.79 Å². The maximum Gasteiger partial charge on any atom is 0.169 e. The number of nitrogens with one attached hydrogen (secondary N) is 1. The predicted molar refractivity (Wildman–Crippen MR) is 123 cm³/mol. The third-order valence-electron chi connectivity index (χ3n) is 6.66. The number of carbonyl (C=O) groups excluding carboxylic acids is 1. The Morgan fingerprint density at radius 2 is 1.80 bits per heavy atom. The van der Waals surface area contributed by atoms with E-state index in [1.807, 2.05) is 0 Å². The van der Waals surface area contributed by atoms with Crippen LogP contribution in [-0.2, 0) is 0 Å². The van der Waals surface area contributed by atoms with Gasteiger partial charge in [-0.25, -0.2) is 0 Å². The predicted octanol–water partition coefficient (Wildman–Crippen LogP) is 5.48. The third-order valence-corrected chi connectivity index (χ3v) is 6.66. The van der Waals surface area contributed by atoms with Crippen LogP contribution in [0.15, 0.2) is 48.7 Å². The SMILES string of the molecule is Cc1ccccc1-c1ccc2ncc(C(=O)C3CC3)c(NC3CCC(N)CC3)c2c1. The number of hydrogen-bond acceptors (Lipinski definition) is 4. The minimum atomic E-state index is 0.170. The van der Waals surface area contributed by atoms with Gasteiger partial charge in [-0.15, -0.1) is 0 Å². The number of aryl methyl sites for hydroxylation is 1. The highest BCUT2D eigenvalue weighted by Crippen LogP contribution is 2.38. The molecule has 2 fully saturated rings. The van der Waals surface area contributed by atoms with Gasteiger partial charge >= 0.3 is 0 Å². The largest absolute Gasteiger partial charge is 0.381 e. The summed E-state index contributed by atoms with van der Waals surface area (Å²) in [4.78, 5) is 17.7. The molecule has 4 nitrogen and oxygen atoms in total. The van der Waals surface area contributed by atoms with Crippen LogP contribution in [0, 0.1) is 12.8 Å². The number of Topliss-reactive ketones (excluding diaryl/α,β-unsaturated/α-hetero) is 1. The van der Waals surface area contributed by atoms with Crippen LogP contribution < -0.4 is 11.1 Å². The van der Waals surface area contributed by atoms with E-state index in [0.717, 1.165) is 66.2 Å². The normalized spacial score (nSPS) is 21.5. The Kier molecular flexibility index (Phi) is 5.03. The van der Waals surface area contributed by atoms with Crippen molar-refractivity contribution in [1.29, 1.82) is 0 Å². The van der Waals surface area contributed by atoms with Gasteiger partial charge in [-0.1, -0.05) is 30.3 Å². The summed E-state index contributed by atoms with van der Waals surface area (Å²) >= 11 is 0. The molecule has 0 atom stereocenters. The molecule has 30 heavy (non-hydrogen) atoms. The zero-order valence-corrected chi connectivity index (χ0v) is 17.5. The molecule has 0 spiro atoms. The molecule has 2 aliphatic rings. The second-order valence-electron chi connectivity index (χ2n) is 8.99. The fourth-order valence-corrected chi connectivity index (χ4v) is 4.63. The molecule has 0 aliphatic heterocycles. The Hall–Kier alpha value is -2.72. The third kappa shape index (κ3) is 3.72. The Morgan fingerprint density at radius 1 is 1.03 bits per heavy atom. The highest BCUT2D eigenvalue weighted by atomic mass is 16.1. The number of nitrogens with two attached hydrogens (primary N) is 1. The molecule has 3 aromatic rings. The summed E-state index contributed by atoms with van der Waals surface area (Å²) in [6.07, 6.45) is 7.92. The molecular weight excluding hydrogens is 370 g/mol. The van der Waals surface area contributed by atoms with Crippen molar-refractivity contribution in [2.45, 2.75) is 57.5 Å². The van der Waals surface area contributed by atoms with Crippen molar-refractivity contribution in [3.05, 3.63) is 59.8 Å². The zero-order valence-electron chi connectivity index (χ0n) is 17.5. The van der Waals surface area contributed by atoms with Gasteiger partial charge in [0.05, 0.1) is 16.8 Å². The number of rotatable bonds is 5. The van der Waals surface area contributed by atoms with E-state index in [2.05, 4.69) is 59.7 Å². The molecule has 0 amide bonds. The van der Waals surface area contributed by atoms with Crippen molar-refractivity contribution in [3.8, 4) is 11.1 Å². The van der Waals surface area contributed by atoms with Gasteiger partial charge < -0.3 is 11.1 Å². The first-order valence-electron chi connectivity index (χ1n) is 11.2. The molecule has 3 N–H and O–H groups in total. The maximum atomic E-state index is 13.1. The Bertz CT molecular complexity index is 1090. The van der Waals surface area contributed by atoms with E-state index < -0.39 is 0 Å². The Labute approximate surface area is 177 Å². The Balaban J connectivity index is 1.62. The lowest BCUT2D eigenvalue weighted by Gasteiger charge is -2.29. The van der Waals surface area contributed by atoms with E-state index in [-0.39, 0.29) is 11.7 Å². The maximum absolute atomic E-state index is 13.1. The zero-order chi connectivity index (χ0) is 20.7. The fraction of sp³-hybridized carbons (Fsp3) is 0.385. The molecule has 0 radical (unpaired) electrons. The minimum absolute atomic E-state index is 0.170. The van der Waals surface area contributed by atoms with Crippen LogP contribution in [-0.4, -0.2) is 22.9 Å². The first-order chi connectivity index (χ1) is 14.6. The standard InChI is InChI=1S/C26H29N3O/c1-16-4-2-3-5-21(16)18-8-13-24-22(14-18)25(29-20-11-9-19(27)10-12-20)23(15-28-24)26(30)17-6-7-17/h2-5,8,13-15,17,19-20H,6-7,9-12,27H2,1H3,(H,28,29). The van der Waals surface area contributed by atoms with Crippen LogP contribution in [0.3, 0.4) is 0 Å². The van der Waals surface area contributed by atoms with Crippen molar-refractivity contribution in [1.82, 2.24) is 4.98 Å². The minimum Gasteiger partial charge on any atom is -0.381 e. The van der Waals surface area contributed by atoms with Crippen molar-refractivity contribution in [2.75, 3.05) is 5.32 Å². The van der Waals surface area contributed by atoms with Gasteiger partial charge in [-0.05, 0) is 74.3 Å². The second-order valence-corrected chi connectivity index (χ2v) is 8.99. The van der Waals surface area contributed by atoms with E-state index in [4.69, 9.17) is 5.73 Å². The summed E-state index contributed by atoms with van der Waals surface area (Å²) in [6, 6.07) is 15.5. The van der Waals surface area contributed by atoms with Crippen molar-refractivity contribution >= 4 is 22.4 Å². The van der Waals surface area contributed by atoms with Gasteiger partial charge in [-0.2, -0.15) is 0 Å². The summed E-state index contributed by atoms with van der Waals surface area (Å²) < 4.78 is 0. The lowest BCUT2D eigenvalue weighted by molar-refractivity contribution is 0.0968. The molecule has 2 saturated carbocycles. The number of hydrogen-bond donors (Lipinski definition) is 2. The van der Waals surface area contributed by atoms with Crippen LogP contribution in [0.5, 0.6) is 0 Å². The Morgan fingerprint density at radius 3 is 2.53 bits per heavy atom. The first-order valence-corrected chi connectivity index (χ1v) is 11.2. The van der Waals surface area contributed by atoms with Crippen LogP contribution in [0.1, 0.15) is 54.4 Å². The van der Waals surface area contributed by atoms with Crippen molar-refractivity contribution in [3.63, 3.8) is 0 Å². The van der Waals surface area contributed by atoms with Gasteiger partial charge in [0.15, 0.2) is 5.78 Å². The molecule has 4 heteroatoms. The molecule has 154 valence electrons. The second kappa shape index (κ2) is 7.84. The topological polar surface area (TPSA) is 68.0 Å². The van der Waals surface area contributed by atoms with Gasteiger partial charge in [0, 0.05) is 29.6 Å². The summed E-state index contributed by atoms with van der Waals surface area (Å²) in [7, 11) is 0. The van der Waals surface area contributed by atoms with Gasteiger partial charge in [0.1, 0.15) is 0 Å². The highest BCUT2D eigenvalue weighted by molar-refractivity contribution is 6.10. The van der Waals surface area contributed by atoms with Crippen LogP contribution in [0.2, 0.25) is 0 Å². The number of fused-ring (bicyclic) bond motifs is 1. The molecule has 0 saturated heterocycles. The smallest absolute Gasteiger partial charge is 0.169 e. The molecule has 0 unspecified atom stereocenters. The quantitative estimate of drug-likeness (QED) is 0.557. The summed E-state index contributed by atoms with van der Waals surface area (Å²) in [5.74, 6) is 0.407. The van der Waals surface area contributed by atoms with E-state index in [1.165, 1.54) is 11.1 Å². The molecular formula is C26H29N3O. The lowest BCUT2D eigenvalue weighted by Crippen LogP contribution is -2.33. The van der Waals surface area contributed by atoms with Crippen molar-refractivity contribution in [2.24, 2.45) is 11.7 Å². The highest BCUT2D eigenvalue weighted by Gasteiger charge is 2.33. The average molecular weight is 400 g/mol.